The van der Waals surface area contributed by atoms with Crippen LogP contribution in [0.1, 0.15) is 52.7 Å². The molecule has 5 aromatic carbocycles. The van der Waals surface area contributed by atoms with Crippen molar-refractivity contribution in [3.05, 3.63) is 133 Å². The Morgan fingerprint density at radius 3 is 1.84 bits per heavy atom. The molecule has 7 rings (SSSR count). The number of rotatable bonds is 5. The summed E-state index contributed by atoms with van der Waals surface area (Å²) in [6.07, 6.45) is 2.87. The summed E-state index contributed by atoms with van der Waals surface area (Å²) in [5.74, 6) is 0.872. The van der Waals surface area contributed by atoms with Crippen LogP contribution in [0.5, 0.6) is 0 Å². The monoisotopic (exact) mass is 588 g/mol. The molecule has 0 N–H and O–H groups in total. The largest absolute Gasteiger partial charge is 0.464 e. The number of benzene rings is 5. The van der Waals surface area contributed by atoms with E-state index in [9.17, 15) is 0 Å². The van der Waals surface area contributed by atoms with Crippen LogP contribution in [0.3, 0.4) is 0 Å². The number of hydrogen-bond acceptors (Lipinski definition) is 2. The highest BCUT2D eigenvalue weighted by molar-refractivity contribution is 5.98. The Morgan fingerprint density at radius 1 is 0.644 bits per heavy atom. The molecule has 0 bridgehead atoms. The van der Waals surface area contributed by atoms with Crippen molar-refractivity contribution in [3.63, 3.8) is 0 Å². The van der Waals surface area contributed by atoms with E-state index in [-0.39, 0.29) is 10.8 Å². The van der Waals surface area contributed by atoms with Crippen LogP contribution in [0.15, 0.2) is 126 Å². The molecule has 0 fully saturated rings. The van der Waals surface area contributed by atoms with Gasteiger partial charge in [-0.1, -0.05) is 126 Å². The van der Waals surface area contributed by atoms with E-state index in [1.54, 1.807) is 0 Å². The minimum atomic E-state index is -0.0447. The highest BCUT2D eigenvalue weighted by atomic mass is 16.3. The lowest BCUT2D eigenvalue weighted by Gasteiger charge is -2.26. The first-order chi connectivity index (χ1) is 21.6. The van der Waals surface area contributed by atoms with Crippen molar-refractivity contribution in [1.29, 1.82) is 0 Å². The van der Waals surface area contributed by atoms with Crippen molar-refractivity contribution in [1.82, 2.24) is 9.55 Å². The molecule has 0 atom stereocenters. The average molecular weight is 589 g/mol. The van der Waals surface area contributed by atoms with Crippen LogP contribution in [0, 0.1) is 5.41 Å². The van der Waals surface area contributed by atoms with E-state index < -0.39 is 0 Å². The van der Waals surface area contributed by atoms with Crippen LogP contribution in [0.2, 0.25) is 0 Å². The summed E-state index contributed by atoms with van der Waals surface area (Å²) < 4.78 is 8.65. The topological polar surface area (TPSA) is 31.0 Å². The average Bonchev–Trinajstić information content (AvgIpc) is 3.61. The van der Waals surface area contributed by atoms with Crippen LogP contribution in [0.25, 0.3) is 61.3 Å². The maximum absolute atomic E-state index is 6.29. The summed E-state index contributed by atoms with van der Waals surface area (Å²) in [5, 5.41) is 1.07. The molecule has 7 aromatic rings. The Morgan fingerprint density at radius 2 is 1.24 bits per heavy atom. The molecular formula is C42H40N2O. The summed E-state index contributed by atoms with van der Waals surface area (Å²) in [4.78, 5) is 5.31. The normalized spacial score (nSPS) is 12.3. The van der Waals surface area contributed by atoms with Gasteiger partial charge in [-0.3, -0.25) is 4.57 Å². The van der Waals surface area contributed by atoms with Gasteiger partial charge < -0.3 is 4.42 Å². The maximum Gasteiger partial charge on any atom is 0.149 e. The van der Waals surface area contributed by atoms with Gasteiger partial charge in [-0.2, -0.15) is 0 Å². The predicted molar refractivity (Wildman–Crippen MR) is 189 cm³/mol. The van der Waals surface area contributed by atoms with E-state index in [0.29, 0.717) is 0 Å². The van der Waals surface area contributed by atoms with Gasteiger partial charge in [0.25, 0.3) is 0 Å². The third kappa shape index (κ3) is 5.48. The third-order valence-electron chi connectivity index (χ3n) is 8.55. The number of aromatic nitrogens is 2. The molecule has 0 aliphatic carbocycles. The van der Waals surface area contributed by atoms with E-state index >= 15 is 0 Å². The molecule has 0 spiro atoms. The van der Waals surface area contributed by atoms with Crippen molar-refractivity contribution in [3.8, 4) is 39.3 Å². The van der Waals surface area contributed by atoms with Gasteiger partial charge >= 0.3 is 0 Å². The molecule has 3 nitrogen and oxygen atoms in total. The Kier molecular flexibility index (Phi) is 7.00. The van der Waals surface area contributed by atoms with Crippen LogP contribution in [-0.2, 0) is 11.8 Å². The van der Waals surface area contributed by atoms with Gasteiger partial charge in [0.2, 0.25) is 0 Å². The minimum Gasteiger partial charge on any atom is -0.464 e. The summed E-state index contributed by atoms with van der Waals surface area (Å²) in [5.41, 5.74) is 12.4. The Labute approximate surface area is 266 Å². The Hall–Kier alpha value is -4.89. The van der Waals surface area contributed by atoms with Crippen LogP contribution in [-0.4, -0.2) is 9.55 Å². The van der Waals surface area contributed by atoms with E-state index in [4.69, 9.17) is 9.40 Å². The quantitative estimate of drug-likeness (QED) is 0.200. The van der Waals surface area contributed by atoms with Gasteiger partial charge in [0.05, 0.1) is 22.3 Å². The molecule has 3 heteroatoms. The molecule has 0 saturated carbocycles. The SMILES string of the molecule is CC(C)(C)Cc1ccc2c(-c3nc4ccccc4n3-c3c(-c4ccccc4)cc(C(C)(C)C)cc3-c3ccccc3)coc2c1. The first kappa shape index (κ1) is 28.9. The molecule has 0 saturated heterocycles. The number of fused-ring (bicyclic) bond motifs is 2. The standard InChI is InChI=1S/C42H40N2O/c1-41(2,3)26-28-21-22-32-35(27-45-38(32)23-28)40-43-36-19-13-14-20-37(36)44(40)39-33(29-15-9-7-10-16-29)24-31(42(4,5)6)25-34(39)30-17-11-8-12-18-30/h7-25,27H,26H2,1-6H3. The molecule has 45 heavy (non-hydrogen) atoms. The summed E-state index contributed by atoms with van der Waals surface area (Å²) in [6, 6.07) is 41.3. The Bertz CT molecular complexity index is 2070. The van der Waals surface area contributed by atoms with Gasteiger partial charge in [0.15, 0.2) is 0 Å². The van der Waals surface area contributed by atoms with Gasteiger partial charge in [-0.25, -0.2) is 4.98 Å². The van der Waals surface area contributed by atoms with Crippen molar-refractivity contribution < 1.29 is 4.42 Å². The van der Waals surface area contributed by atoms with Crippen LogP contribution >= 0.6 is 0 Å². The first-order valence-electron chi connectivity index (χ1n) is 15.8. The molecule has 2 heterocycles. The molecule has 0 amide bonds. The predicted octanol–water partition coefficient (Wildman–Crippen LogP) is 11.7. The number of para-hydroxylation sites is 2. The fourth-order valence-corrected chi connectivity index (χ4v) is 6.39. The van der Waals surface area contributed by atoms with Gasteiger partial charge in [-0.05, 0) is 69.8 Å². The lowest BCUT2D eigenvalue weighted by atomic mass is 9.82. The van der Waals surface area contributed by atoms with E-state index in [2.05, 4.69) is 161 Å². The molecule has 0 unspecified atom stereocenters. The molecule has 0 aliphatic rings. The molecular weight excluding hydrogens is 548 g/mol. The number of furan rings is 1. The van der Waals surface area contributed by atoms with Crippen molar-refractivity contribution in [2.45, 2.75) is 53.4 Å². The maximum atomic E-state index is 6.29. The number of nitrogens with zero attached hydrogens (tertiary/aromatic N) is 2. The van der Waals surface area contributed by atoms with Crippen molar-refractivity contribution >= 4 is 22.0 Å². The second-order valence-electron chi connectivity index (χ2n) is 14.4. The highest BCUT2D eigenvalue weighted by Gasteiger charge is 2.26. The highest BCUT2D eigenvalue weighted by Crippen LogP contribution is 2.44. The zero-order chi connectivity index (χ0) is 31.3. The number of imidazole rings is 1. The van der Waals surface area contributed by atoms with Gasteiger partial charge in [0, 0.05) is 16.5 Å². The molecule has 0 radical (unpaired) electrons. The van der Waals surface area contributed by atoms with E-state index in [0.717, 1.165) is 45.5 Å². The lowest BCUT2D eigenvalue weighted by Crippen LogP contribution is -2.13. The minimum absolute atomic E-state index is 0.0447. The summed E-state index contributed by atoms with van der Waals surface area (Å²) >= 11 is 0. The van der Waals surface area contributed by atoms with Gasteiger partial charge in [0.1, 0.15) is 17.7 Å². The lowest BCUT2D eigenvalue weighted by molar-refractivity contribution is 0.411. The van der Waals surface area contributed by atoms with E-state index in [1.165, 1.54) is 33.4 Å². The zero-order valence-electron chi connectivity index (χ0n) is 27.1. The molecule has 2 aromatic heterocycles. The smallest absolute Gasteiger partial charge is 0.149 e. The fourth-order valence-electron chi connectivity index (χ4n) is 6.39. The summed E-state index contributed by atoms with van der Waals surface area (Å²) in [6.45, 7) is 13.7. The van der Waals surface area contributed by atoms with E-state index in [1.807, 2.05) is 6.26 Å². The third-order valence-corrected chi connectivity index (χ3v) is 8.55. The van der Waals surface area contributed by atoms with Crippen LogP contribution in [0.4, 0.5) is 0 Å². The van der Waals surface area contributed by atoms with Crippen molar-refractivity contribution in [2.75, 3.05) is 0 Å². The number of hydrogen-bond donors (Lipinski definition) is 0. The molecule has 224 valence electrons. The second kappa shape index (κ2) is 10.9. The Balaban J connectivity index is 1.58. The fraction of sp³-hybridized carbons (Fsp3) is 0.214. The second-order valence-corrected chi connectivity index (χ2v) is 14.4. The van der Waals surface area contributed by atoms with Crippen LogP contribution < -0.4 is 0 Å². The zero-order valence-corrected chi connectivity index (χ0v) is 27.1. The summed E-state index contributed by atoms with van der Waals surface area (Å²) in [7, 11) is 0. The van der Waals surface area contributed by atoms with Gasteiger partial charge in [-0.15, -0.1) is 0 Å². The van der Waals surface area contributed by atoms with Crippen molar-refractivity contribution in [2.24, 2.45) is 5.41 Å². The first-order valence-corrected chi connectivity index (χ1v) is 15.8. The molecule has 0 aliphatic heterocycles.